The van der Waals surface area contributed by atoms with Crippen molar-refractivity contribution in [3.8, 4) is 0 Å². The Labute approximate surface area is 116 Å². The monoisotopic (exact) mass is 314 g/mol. The van der Waals surface area contributed by atoms with Gasteiger partial charge < -0.3 is 4.74 Å². The minimum Gasteiger partial charge on any atom is -0.381 e. The molecular formula is C13H19BrN2O2. The van der Waals surface area contributed by atoms with Crippen LogP contribution in [0.2, 0.25) is 0 Å². The predicted octanol–water partition coefficient (Wildman–Crippen LogP) is 2.28. The molecule has 0 saturated carbocycles. The van der Waals surface area contributed by atoms with Crippen LogP contribution in [0.5, 0.6) is 0 Å². The second-order valence-corrected chi connectivity index (χ2v) is 5.51. The SMILES string of the molecule is CCc1nn(C)c(CC(=O)C2CCOCC2)c1Br. The fourth-order valence-corrected chi connectivity index (χ4v) is 3.10. The molecule has 1 saturated heterocycles. The number of ketones is 1. The Morgan fingerprint density at radius 1 is 1.50 bits per heavy atom. The summed E-state index contributed by atoms with van der Waals surface area (Å²) >= 11 is 3.55. The summed E-state index contributed by atoms with van der Waals surface area (Å²) in [6.45, 7) is 3.49. The van der Waals surface area contributed by atoms with Gasteiger partial charge in [0.25, 0.3) is 0 Å². The third-order valence-electron chi connectivity index (χ3n) is 3.52. The molecule has 0 bridgehead atoms. The highest BCUT2D eigenvalue weighted by Crippen LogP contribution is 2.24. The minimum absolute atomic E-state index is 0.158. The van der Waals surface area contributed by atoms with Crippen LogP contribution in [0.4, 0.5) is 0 Å². The average Bonchev–Trinajstić information content (AvgIpc) is 2.67. The van der Waals surface area contributed by atoms with Crippen LogP contribution in [0.15, 0.2) is 4.47 Å². The minimum atomic E-state index is 0.158. The fourth-order valence-electron chi connectivity index (χ4n) is 2.34. The predicted molar refractivity (Wildman–Crippen MR) is 72.5 cm³/mol. The zero-order valence-corrected chi connectivity index (χ0v) is 12.5. The zero-order valence-electron chi connectivity index (χ0n) is 10.9. The van der Waals surface area contributed by atoms with Crippen molar-refractivity contribution in [3.05, 3.63) is 15.9 Å². The van der Waals surface area contributed by atoms with E-state index in [0.717, 1.165) is 35.1 Å². The second-order valence-electron chi connectivity index (χ2n) is 4.71. The van der Waals surface area contributed by atoms with Gasteiger partial charge in [-0.25, -0.2) is 0 Å². The number of halogens is 1. The van der Waals surface area contributed by atoms with Gasteiger partial charge in [0.2, 0.25) is 0 Å². The molecular weight excluding hydrogens is 296 g/mol. The van der Waals surface area contributed by atoms with Crippen molar-refractivity contribution in [1.29, 1.82) is 0 Å². The second kappa shape index (κ2) is 5.97. The molecule has 18 heavy (non-hydrogen) atoms. The lowest BCUT2D eigenvalue weighted by molar-refractivity contribution is -0.125. The molecule has 0 amide bonds. The molecule has 100 valence electrons. The summed E-state index contributed by atoms with van der Waals surface area (Å²) in [5, 5.41) is 4.42. The first-order valence-electron chi connectivity index (χ1n) is 6.44. The molecule has 5 heteroatoms. The van der Waals surface area contributed by atoms with Gasteiger partial charge in [0.1, 0.15) is 5.78 Å². The van der Waals surface area contributed by atoms with Crippen LogP contribution in [0.1, 0.15) is 31.2 Å². The Morgan fingerprint density at radius 3 is 2.72 bits per heavy atom. The number of carbonyl (C=O) groups is 1. The summed E-state index contributed by atoms with van der Waals surface area (Å²) in [5.41, 5.74) is 2.01. The Morgan fingerprint density at radius 2 is 2.17 bits per heavy atom. The van der Waals surface area contributed by atoms with Crippen molar-refractivity contribution in [2.45, 2.75) is 32.6 Å². The molecule has 2 heterocycles. The summed E-state index contributed by atoms with van der Waals surface area (Å²) in [5.74, 6) is 0.468. The number of carbonyl (C=O) groups excluding carboxylic acids is 1. The molecule has 0 aromatic carbocycles. The summed E-state index contributed by atoms with van der Waals surface area (Å²) < 4.78 is 8.10. The maximum atomic E-state index is 12.3. The standard InChI is InChI=1S/C13H19BrN2O2/c1-3-10-13(14)11(16(2)15-10)8-12(17)9-4-6-18-7-5-9/h9H,3-8H2,1-2H3. The van der Waals surface area contributed by atoms with Gasteiger partial charge in [-0.3, -0.25) is 9.48 Å². The molecule has 1 fully saturated rings. The van der Waals surface area contributed by atoms with E-state index in [4.69, 9.17) is 4.74 Å². The Hall–Kier alpha value is -0.680. The molecule has 1 aliphatic rings. The van der Waals surface area contributed by atoms with Crippen molar-refractivity contribution in [2.24, 2.45) is 13.0 Å². The summed E-state index contributed by atoms with van der Waals surface area (Å²) in [7, 11) is 1.90. The van der Waals surface area contributed by atoms with Crippen molar-refractivity contribution >= 4 is 21.7 Å². The first-order valence-corrected chi connectivity index (χ1v) is 7.23. The molecule has 1 aliphatic heterocycles. The lowest BCUT2D eigenvalue weighted by Gasteiger charge is -2.20. The largest absolute Gasteiger partial charge is 0.381 e. The summed E-state index contributed by atoms with van der Waals surface area (Å²) in [6.07, 6.45) is 3.05. The van der Waals surface area contributed by atoms with E-state index < -0.39 is 0 Å². The van der Waals surface area contributed by atoms with Gasteiger partial charge in [-0.05, 0) is 35.2 Å². The van der Waals surface area contributed by atoms with Crippen LogP contribution in [0.3, 0.4) is 0 Å². The van der Waals surface area contributed by atoms with E-state index in [1.54, 1.807) is 0 Å². The van der Waals surface area contributed by atoms with E-state index >= 15 is 0 Å². The zero-order chi connectivity index (χ0) is 13.1. The number of nitrogens with zero attached hydrogens (tertiary/aromatic N) is 2. The molecule has 0 radical (unpaired) electrons. The van der Waals surface area contributed by atoms with Crippen molar-refractivity contribution in [3.63, 3.8) is 0 Å². The van der Waals surface area contributed by atoms with E-state index in [2.05, 4.69) is 28.0 Å². The Kier molecular flexibility index (Phi) is 4.56. The first-order chi connectivity index (χ1) is 8.63. The molecule has 1 aromatic heterocycles. The fraction of sp³-hybridized carbons (Fsp3) is 0.692. The highest BCUT2D eigenvalue weighted by Gasteiger charge is 2.24. The maximum Gasteiger partial charge on any atom is 0.142 e. The molecule has 4 nitrogen and oxygen atoms in total. The van der Waals surface area contributed by atoms with Crippen LogP contribution < -0.4 is 0 Å². The van der Waals surface area contributed by atoms with Gasteiger partial charge in [-0.15, -0.1) is 0 Å². The molecule has 0 spiro atoms. The normalized spacial score (nSPS) is 17.1. The number of Topliss-reactive ketones (excluding diaryl/α,β-unsaturated/α-hetero) is 1. The lowest BCUT2D eigenvalue weighted by atomic mass is 9.92. The molecule has 0 N–H and O–H groups in total. The van der Waals surface area contributed by atoms with Crippen molar-refractivity contribution in [1.82, 2.24) is 9.78 Å². The van der Waals surface area contributed by atoms with Gasteiger partial charge in [0, 0.05) is 32.6 Å². The van der Waals surface area contributed by atoms with E-state index in [1.165, 1.54) is 0 Å². The molecule has 1 aromatic rings. The molecule has 0 atom stereocenters. The third kappa shape index (κ3) is 2.83. The van der Waals surface area contributed by atoms with E-state index in [1.807, 2.05) is 11.7 Å². The summed E-state index contributed by atoms with van der Waals surface area (Å²) in [4.78, 5) is 12.3. The number of aromatic nitrogens is 2. The van der Waals surface area contributed by atoms with Gasteiger partial charge in [-0.2, -0.15) is 5.10 Å². The van der Waals surface area contributed by atoms with Crippen LogP contribution >= 0.6 is 15.9 Å². The smallest absolute Gasteiger partial charge is 0.142 e. The first kappa shape index (κ1) is 13.7. The van der Waals surface area contributed by atoms with Gasteiger partial charge in [0.15, 0.2) is 0 Å². The highest BCUT2D eigenvalue weighted by molar-refractivity contribution is 9.10. The number of rotatable bonds is 4. The van der Waals surface area contributed by atoms with Crippen LogP contribution in [-0.4, -0.2) is 28.8 Å². The number of hydrogen-bond donors (Lipinski definition) is 0. The Balaban J connectivity index is 2.08. The maximum absolute atomic E-state index is 12.3. The van der Waals surface area contributed by atoms with Crippen molar-refractivity contribution < 1.29 is 9.53 Å². The van der Waals surface area contributed by atoms with Gasteiger partial charge >= 0.3 is 0 Å². The van der Waals surface area contributed by atoms with Gasteiger partial charge in [-0.1, -0.05) is 6.92 Å². The molecule has 0 aliphatic carbocycles. The van der Waals surface area contributed by atoms with E-state index in [9.17, 15) is 4.79 Å². The number of ether oxygens (including phenoxy) is 1. The quantitative estimate of drug-likeness (QED) is 0.856. The van der Waals surface area contributed by atoms with Crippen molar-refractivity contribution in [2.75, 3.05) is 13.2 Å². The topological polar surface area (TPSA) is 44.1 Å². The van der Waals surface area contributed by atoms with E-state index in [0.29, 0.717) is 25.4 Å². The molecule has 0 unspecified atom stereocenters. The summed E-state index contributed by atoms with van der Waals surface area (Å²) in [6, 6.07) is 0. The highest BCUT2D eigenvalue weighted by atomic mass is 79.9. The Bertz CT molecular complexity index is 436. The average molecular weight is 315 g/mol. The van der Waals surface area contributed by atoms with E-state index in [-0.39, 0.29) is 5.92 Å². The number of aryl methyl sites for hydroxylation is 2. The van der Waals surface area contributed by atoms with Crippen LogP contribution in [-0.2, 0) is 29.4 Å². The third-order valence-corrected chi connectivity index (χ3v) is 4.44. The lowest BCUT2D eigenvalue weighted by Crippen LogP contribution is -2.25. The van der Waals surface area contributed by atoms with Crippen LogP contribution in [0.25, 0.3) is 0 Å². The van der Waals surface area contributed by atoms with Crippen LogP contribution in [0, 0.1) is 5.92 Å². The van der Waals surface area contributed by atoms with Gasteiger partial charge in [0.05, 0.1) is 15.9 Å². The number of hydrogen-bond acceptors (Lipinski definition) is 3. The molecule has 2 rings (SSSR count).